The van der Waals surface area contributed by atoms with Crippen LogP contribution < -0.4 is 0 Å². The van der Waals surface area contributed by atoms with Crippen LogP contribution in [0.4, 0.5) is 0 Å². The van der Waals surface area contributed by atoms with Crippen LogP contribution in [0, 0.1) is 0 Å². The van der Waals surface area contributed by atoms with Crippen molar-refractivity contribution in [3.63, 3.8) is 0 Å². The molecule has 0 spiro atoms. The molecule has 78 valence electrons. The lowest BCUT2D eigenvalue weighted by Gasteiger charge is -2.24. The molecule has 0 aromatic heterocycles. The molecule has 0 unspecified atom stereocenters. The van der Waals surface area contributed by atoms with Crippen molar-refractivity contribution < 1.29 is 15.3 Å². The van der Waals surface area contributed by atoms with Crippen molar-refractivity contribution >= 4 is 0 Å². The summed E-state index contributed by atoms with van der Waals surface area (Å²) in [5.74, 6) is 0.0778. The molecule has 0 radical (unpaired) electrons. The van der Waals surface area contributed by atoms with Gasteiger partial charge in [0.05, 0.1) is 13.2 Å². The maximum atomic E-state index is 9.78. The van der Waals surface area contributed by atoms with E-state index < -0.39 is 5.41 Å². The van der Waals surface area contributed by atoms with Gasteiger partial charge in [0, 0.05) is 16.5 Å². The highest BCUT2D eigenvalue weighted by atomic mass is 16.3. The summed E-state index contributed by atoms with van der Waals surface area (Å²) in [6.45, 7) is 3.43. The second kappa shape index (κ2) is 3.98. The average Bonchev–Trinajstić information content (AvgIpc) is 2.18. The van der Waals surface area contributed by atoms with Crippen molar-refractivity contribution in [1.29, 1.82) is 0 Å². The fraction of sp³-hybridized carbons (Fsp3) is 0.455. The Hall–Kier alpha value is -1.06. The molecule has 0 aliphatic heterocycles. The second-order valence-corrected chi connectivity index (χ2v) is 4.01. The van der Waals surface area contributed by atoms with E-state index in [1.54, 1.807) is 18.2 Å². The SMILES string of the molecule is CC(C)(CO)c1cccc(CO)c1O. The fourth-order valence-electron chi connectivity index (χ4n) is 1.35. The molecule has 1 aromatic rings. The van der Waals surface area contributed by atoms with Gasteiger partial charge in [0.15, 0.2) is 0 Å². The Kier molecular flexibility index (Phi) is 3.13. The van der Waals surface area contributed by atoms with Crippen molar-refractivity contribution in [3.8, 4) is 5.75 Å². The zero-order chi connectivity index (χ0) is 10.8. The van der Waals surface area contributed by atoms with Crippen LogP contribution in [0.25, 0.3) is 0 Å². The lowest BCUT2D eigenvalue weighted by atomic mass is 9.84. The summed E-state index contributed by atoms with van der Waals surface area (Å²) < 4.78 is 0. The maximum Gasteiger partial charge on any atom is 0.124 e. The standard InChI is InChI=1S/C11H16O3/c1-11(2,7-13)9-5-3-4-8(6-12)10(9)14/h3-5,12-14H,6-7H2,1-2H3. The van der Waals surface area contributed by atoms with E-state index in [1.807, 2.05) is 13.8 Å². The fourth-order valence-corrected chi connectivity index (χ4v) is 1.35. The third-order valence-corrected chi connectivity index (χ3v) is 2.41. The van der Waals surface area contributed by atoms with Crippen LogP contribution in [0.3, 0.4) is 0 Å². The number of aromatic hydroxyl groups is 1. The number of hydrogen-bond donors (Lipinski definition) is 3. The Morgan fingerprint density at radius 1 is 1.21 bits per heavy atom. The van der Waals surface area contributed by atoms with Gasteiger partial charge in [-0.1, -0.05) is 32.0 Å². The summed E-state index contributed by atoms with van der Waals surface area (Å²) in [4.78, 5) is 0. The smallest absolute Gasteiger partial charge is 0.124 e. The zero-order valence-electron chi connectivity index (χ0n) is 8.49. The van der Waals surface area contributed by atoms with Gasteiger partial charge in [-0.25, -0.2) is 0 Å². The number of aliphatic hydroxyl groups is 2. The van der Waals surface area contributed by atoms with Crippen LogP contribution in [0.15, 0.2) is 18.2 Å². The van der Waals surface area contributed by atoms with Gasteiger partial charge in [-0.15, -0.1) is 0 Å². The van der Waals surface area contributed by atoms with Crippen LogP contribution in [0.1, 0.15) is 25.0 Å². The van der Waals surface area contributed by atoms with Gasteiger partial charge in [-0.2, -0.15) is 0 Å². The van der Waals surface area contributed by atoms with Gasteiger partial charge in [-0.05, 0) is 0 Å². The van der Waals surface area contributed by atoms with Gasteiger partial charge in [0.2, 0.25) is 0 Å². The normalized spacial score (nSPS) is 11.7. The lowest BCUT2D eigenvalue weighted by molar-refractivity contribution is 0.214. The van der Waals surface area contributed by atoms with Crippen LogP contribution in [-0.2, 0) is 12.0 Å². The third kappa shape index (κ3) is 1.89. The van der Waals surface area contributed by atoms with Crippen molar-refractivity contribution in [2.24, 2.45) is 0 Å². The number of benzene rings is 1. The lowest BCUT2D eigenvalue weighted by Crippen LogP contribution is -2.22. The summed E-state index contributed by atoms with van der Waals surface area (Å²) in [6, 6.07) is 5.18. The van der Waals surface area contributed by atoms with Gasteiger partial charge in [0.25, 0.3) is 0 Å². The minimum absolute atomic E-state index is 0.0462. The Bertz CT molecular complexity index is 318. The molecule has 3 heteroatoms. The summed E-state index contributed by atoms with van der Waals surface area (Å²) in [5, 5.41) is 27.9. The van der Waals surface area contributed by atoms with E-state index in [0.717, 1.165) is 0 Å². The molecular weight excluding hydrogens is 180 g/mol. The molecule has 1 aromatic carbocycles. The molecule has 0 saturated carbocycles. The largest absolute Gasteiger partial charge is 0.507 e. The summed E-state index contributed by atoms with van der Waals surface area (Å²) in [7, 11) is 0. The van der Waals surface area contributed by atoms with E-state index in [0.29, 0.717) is 11.1 Å². The van der Waals surface area contributed by atoms with Crippen LogP contribution in [0.2, 0.25) is 0 Å². The Balaban J connectivity index is 3.22. The van der Waals surface area contributed by atoms with Crippen LogP contribution in [0.5, 0.6) is 5.75 Å². The Labute approximate surface area is 83.6 Å². The number of para-hydroxylation sites is 1. The number of rotatable bonds is 3. The van der Waals surface area contributed by atoms with Crippen molar-refractivity contribution in [1.82, 2.24) is 0 Å². The highest BCUT2D eigenvalue weighted by molar-refractivity contribution is 5.44. The molecule has 3 nitrogen and oxygen atoms in total. The van der Waals surface area contributed by atoms with Crippen molar-refractivity contribution in [2.45, 2.75) is 25.9 Å². The monoisotopic (exact) mass is 196 g/mol. The molecule has 0 atom stereocenters. The highest BCUT2D eigenvalue weighted by Gasteiger charge is 2.23. The summed E-state index contributed by atoms with van der Waals surface area (Å²) >= 11 is 0. The molecule has 14 heavy (non-hydrogen) atoms. The molecule has 0 amide bonds. The first-order chi connectivity index (χ1) is 6.53. The van der Waals surface area contributed by atoms with Gasteiger partial charge < -0.3 is 15.3 Å². The molecule has 3 N–H and O–H groups in total. The van der Waals surface area contributed by atoms with E-state index in [4.69, 9.17) is 10.2 Å². The number of aliphatic hydroxyl groups excluding tert-OH is 2. The predicted octanol–water partition coefficient (Wildman–Crippen LogP) is 1.15. The topological polar surface area (TPSA) is 60.7 Å². The average molecular weight is 196 g/mol. The van der Waals surface area contributed by atoms with Crippen LogP contribution in [-0.4, -0.2) is 21.9 Å². The molecule has 0 bridgehead atoms. The maximum absolute atomic E-state index is 9.78. The van der Waals surface area contributed by atoms with E-state index in [2.05, 4.69) is 0 Å². The van der Waals surface area contributed by atoms with E-state index in [9.17, 15) is 5.11 Å². The predicted molar refractivity (Wildman–Crippen MR) is 54.1 cm³/mol. The Morgan fingerprint density at radius 2 is 1.86 bits per heavy atom. The Morgan fingerprint density at radius 3 is 2.36 bits per heavy atom. The van der Waals surface area contributed by atoms with Crippen molar-refractivity contribution in [2.75, 3.05) is 6.61 Å². The molecule has 0 aliphatic rings. The molecular formula is C11H16O3. The molecule has 1 rings (SSSR count). The van der Waals surface area contributed by atoms with E-state index in [1.165, 1.54) is 0 Å². The quantitative estimate of drug-likeness (QED) is 0.679. The zero-order valence-corrected chi connectivity index (χ0v) is 8.49. The molecule has 0 fully saturated rings. The minimum atomic E-state index is -0.491. The van der Waals surface area contributed by atoms with Crippen molar-refractivity contribution in [3.05, 3.63) is 29.3 Å². The van der Waals surface area contributed by atoms with E-state index >= 15 is 0 Å². The second-order valence-electron chi connectivity index (χ2n) is 4.01. The van der Waals surface area contributed by atoms with E-state index in [-0.39, 0.29) is 19.0 Å². The summed E-state index contributed by atoms with van der Waals surface area (Å²) in [6.07, 6.45) is 0. The van der Waals surface area contributed by atoms with Gasteiger partial charge in [0.1, 0.15) is 5.75 Å². The number of hydrogen-bond acceptors (Lipinski definition) is 3. The first-order valence-electron chi connectivity index (χ1n) is 4.56. The minimum Gasteiger partial charge on any atom is -0.507 e. The van der Waals surface area contributed by atoms with Gasteiger partial charge >= 0.3 is 0 Å². The van der Waals surface area contributed by atoms with Gasteiger partial charge in [-0.3, -0.25) is 0 Å². The third-order valence-electron chi connectivity index (χ3n) is 2.41. The first kappa shape index (κ1) is 11.0. The molecule has 0 saturated heterocycles. The highest BCUT2D eigenvalue weighted by Crippen LogP contribution is 2.32. The first-order valence-corrected chi connectivity index (χ1v) is 4.56. The number of phenols is 1. The van der Waals surface area contributed by atoms with Crippen LogP contribution >= 0.6 is 0 Å². The molecule has 0 aliphatic carbocycles. The molecule has 0 heterocycles. The summed E-state index contributed by atoms with van der Waals surface area (Å²) in [5.41, 5.74) is 0.658.